The molecule has 2 atom stereocenters. The molecular formula is C17H14FN3OS. The first kappa shape index (κ1) is 14.3. The zero-order valence-electron chi connectivity index (χ0n) is 12.4. The molecule has 4 nitrogen and oxygen atoms in total. The van der Waals surface area contributed by atoms with Crippen LogP contribution in [0, 0.1) is 12.8 Å². The third kappa shape index (κ3) is 2.70. The molecule has 1 N–H and O–H groups in total. The lowest BCUT2D eigenvalue weighted by molar-refractivity contribution is -0.117. The minimum Gasteiger partial charge on any atom is -0.302 e. The first-order valence-corrected chi connectivity index (χ1v) is 8.20. The van der Waals surface area contributed by atoms with Crippen LogP contribution in [0.5, 0.6) is 0 Å². The predicted molar refractivity (Wildman–Crippen MR) is 89.2 cm³/mol. The van der Waals surface area contributed by atoms with Gasteiger partial charge in [-0.3, -0.25) is 9.78 Å². The van der Waals surface area contributed by atoms with Gasteiger partial charge in [0.05, 0.1) is 16.1 Å². The van der Waals surface area contributed by atoms with E-state index in [1.807, 2.05) is 37.4 Å². The van der Waals surface area contributed by atoms with Crippen molar-refractivity contribution >= 4 is 32.6 Å². The second kappa shape index (κ2) is 5.38. The number of fused-ring (bicyclic) bond motifs is 1. The first-order chi connectivity index (χ1) is 11.1. The van der Waals surface area contributed by atoms with Gasteiger partial charge in [-0.2, -0.15) is 0 Å². The fraction of sp³-hybridized carbons (Fsp3) is 0.235. The summed E-state index contributed by atoms with van der Waals surface area (Å²) in [6, 6.07) is 7.94. The van der Waals surface area contributed by atoms with Crippen molar-refractivity contribution in [1.82, 2.24) is 9.97 Å². The van der Waals surface area contributed by atoms with Crippen molar-refractivity contribution in [3.05, 3.63) is 42.2 Å². The molecule has 2 heterocycles. The quantitative estimate of drug-likeness (QED) is 0.792. The van der Waals surface area contributed by atoms with Gasteiger partial charge >= 0.3 is 0 Å². The van der Waals surface area contributed by atoms with Gasteiger partial charge < -0.3 is 5.32 Å². The molecule has 116 valence electrons. The number of hydrogen-bond donors (Lipinski definition) is 1. The zero-order chi connectivity index (χ0) is 16.0. The van der Waals surface area contributed by atoms with Crippen LogP contribution in [0.2, 0.25) is 0 Å². The molecule has 23 heavy (non-hydrogen) atoms. The summed E-state index contributed by atoms with van der Waals surface area (Å²) in [5.74, 6) is -0.782. The number of pyridine rings is 1. The summed E-state index contributed by atoms with van der Waals surface area (Å²) in [6.07, 6.45) is 2.94. The highest BCUT2D eigenvalue weighted by Crippen LogP contribution is 2.36. The molecule has 1 amide bonds. The van der Waals surface area contributed by atoms with Crippen LogP contribution in [-0.2, 0) is 4.79 Å². The summed E-state index contributed by atoms with van der Waals surface area (Å²) in [5, 5.41) is 3.23. The van der Waals surface area contributed by atoms with Crippen LogP contribution in [0.1, 0.15) is 12.0 Å². The smallest absolute Gasteiger partial charge is 0.232 e. The Labute approximate surface area is 136 Å². The van der Waals surface area contributed by atoms with Crippen LogP contribution in [0.25, 0.3) is 21.3 Å². The van der Waals surface area contributed by atoms with Crippen LogP contribution in [0.4, 0.5) is 9.52 Å². The Hall–Kier alpha value is -2.34. The fourth-order valence-electron chi connectivity index (χ4n) is 2.55. The predicted octanol–water partition coefficient (Wildman–Crippen LogP) is 3.96. The summed E-state index contributed by atoms with van der Waals surface area (Å²) in [5.41, 5.74) is 4.12. The minimum absolute atomic E-state index is 0.278. The highest BCUT2D eigenvalue weighted by Gasteiger charge is 2.43. The van der Waals surface area contributed by atoms with Crippen LogP contribution >= 0.6 is 11.3 Å². The molecule has 0 aliphatic heterocycles. The second-order valence-corrected chi connectivity index (χ2v) is 6.77. The number of carbonyl (C=O) groups is 1. The van der Waals surface area contributed by atoms with Gasteiger partial charge in [-0.15, -0.1) is 0 Å². The number of nitrogens with zero attached hydrogens (tertiary/aromatic N) is 2. The normalized spacial score (nSPS) is 19.7. The van der Waals surface area contributed by atoms with E-state index >= 15 is 0 Å². The molecule has 1 fully saturated rings. The Balaban J connectivity index is 1.64. The molecule has 1 aliphatic carbocycles. The van der Waals surface area contributed by atoms with Crippen molar-refractivity contribution in [1.29, 1.82) is 0 Å². The van der Waals surface area contributed by atoms with Gasteiger partial charge in [-0.1, -0.05) is 17.4 Å². The van der Waals surface area contributed by atoms with E-state index in [1.54, 1.807) is 6.20 Å². The Morgan fingerprint density at radius 2 is 2.22 bits per heavy atom. The van der Waals surface area contributed by atoms with Gasteiger partial charge in [0.2, 0.25) is 5.91 Å². The lowest BCUT2D eigenvalue weighted by Gasteiger charge is -2.04. The van der Waals surface area contributed by atoms with E-state index in [0.717, 1.165) is 26.9 Å². The van der Waals surface area contributed by atoms with Crippen molar-refractivity contribution in [3.63, 3.8) is 0 Å². The molecule has 0 spiro atoms. The number of nitrogens with one attached hydrogen (secondary N) is 1. The number of hydrogen-bond acceptors (Lipinski definition) is 4. The van der Waals surface area contributed by atoms with Crippen molar-refractivity contribution in [3.8, 4) is 11.1 Å². The van der Waals surface area contributed by atoms with Gasteiger partial charge in [0.1, 0.15) is 6.17 Å². The Bertz CT molecular complexity index is 908. The maximum Gasteiger partial charge on any atom is 0.232 e. The average Bonchev–Trinajstić information content (AvgIpc) is 3.13. The molecule has 0 saturated heterocycles. The molecule has 0 unspecified atom stereocenters. The minimum atomic E-state index is -0.996. The summed E-state index contributed by atoms with van der Waals surface area (Å²) in [6.45, 7) is 2.04. The van der Waals surface area contributed by atoms with E-state index in [4.69, 9.17) is 0 Å². The number of aryl methyl sites for hydroxylation is 1. The molecule has 0 radical (unpaired) electrons. The number of amides is 1. The highest BCUT2D eigenvalue weighted by atomic mass is 32.1. The Kier molecular flexibility index (Phi) is 3.34. The number of anilines is 1. The molecule has 6 heteroatoms. The van der Waals surface area contributed by atoms with E-state index < -0.39 is 12.1 Å². The highest BCUT2D eigenvalue weighted by molar-refractivity contribution is 7.22. The van der Waals surface area contributed by atoms with Crippen molar-refractivity contribution in [2.75, 3.05) is 5.32 Å². The number of alkyl halides is 1. The lowest BCUT2D eigenvalue weighted by atomic mass is 10.0. The molecule has 3 aromatic rings. The second-order valence-electron chi connectivity index (χ2n) is 5.74. The van der Waals surface area contributed by atoms with E-state index in [9.17, 15) is 9.18 Å². The van der Waals surface area contributed by atoms with Gasteiger partial charge in [-0.25, -0.2) is 9.37 Å². The van der Waals surface area contributed by atoms with Gasteiger partial charge in [-0.05, 0) is 42.7 Å². The van der Waals surface area contributed by atoms with Gasteiger partial charge in [0, 0.05) is 18.0 Å². The number of thiazole rings is 1. The molecule has 2 aromatic heterocycles. The monoisotopic (exact) mass is 327 g/mol. The summed E-state index contributed by atoms with van der Waals surface area (Å²) in [7, 11) is 0. The van der Waals surface area contributed by atoms with Crippen LogP contribution in [0.3, 0.4) is 0 Å². The van der Waals surface area contributed by atoms with Gasteiger partial charge in [0.15, 0.2) is 5.13 Å². The van der Waals surface area contributed by atoms with Crippen LogP contribution in [-0.4, -0.2) is 22.0 Å². The number of halogens is 1. The summed E-state index contributed by atoms with van der Waals surface area (Å²) >= 11 is 1.40. The number of aromatic nitrogens is 2. The Morgan fingerprint density at radius 3 is 2.96 bits per heavy atom. The van der Waals surface area contributed by atoms with E-state index in [1.165, 1.54) is 11.3 Å². The van der Waals surface area contributed by atoms with E-state index in [0.29, 0.717) is 11.6 Å². The lowest BCUT2D eigenvalue weighted by Crippen LogP contribution is -2.14. The standard InChI is InChI=1S/C17H14FN3OS/c1-9-4-5-19-8-12(9)10-2-3-14-15(6-10)23-17(20-14)21-16(22)11-7-13(11)18/h2-6,8,11,13H,7H2,1H3,(H,20,21,22)/t11-,13-/m1/s1. The topological polar surface area (TPSA) is 54.9 Å². The largest absolute Gasteiger partial charge is 0.302 e. The molecule has 4 rings (SSSR count). The first-order valence-electron chi connectivity index (χ1n) is 7.38. The number of rotatable bonds is 3. The van der Waals surface area contributed by atoms with Crippen molar-refractivity contribution < 1.29 is 9.18 Å². The molecule has 1 aliphatic rings. The number of carbonyl (C=O) groups excluding carboxylic acids is 1. The zero-order valence-corrected chi connectivity index (χ0v) is 13.2. The van der Waals surface area contributed by atoms with E-state index in [2.05, 4.69) is 15.3 Å². The maximum absolute atomic E-state index is 12.9. The van der Waals surface area contributed by atoms with Crippen molar-refractivity contribution in [2.45, 2.75) is 19.5 Å². The Morgan fingerprint density at radius 1 is 1.39 bits per heavy atom. The third-order valence-corrected chi connectivity index (χ3v) is 4.95. The average molecular weight is 327 g/mol. The molecule has 1 aromatic carbocycles. The molecular weight excluding hydrogens is 313 g/mol. The fourth-order valence-corrected chi connectivity index (χ4v) is 3.45. The van der Waals surface area contributed by atoms with Crippen LogP contribution < -0.4 is 5.32 Å². The van der Waals surface area contributed by atoms with Gasteiger partial charge in [0.25, 0.3) is 0 Å². The molecule has 1 saturated carbocycles. The van der Waals surface area contributed by atoms with Crippen LogP contribution in [0.15, 0.2) is 36.7 Å². The third-order valence-electron chi connectivity index (χ3n) is 4.02. The SMILES string of the molecule is Cc1ccncc1-c1ccc2nc(NC(=O)[C@@H]3C[C@H]3F)sc2c1. The maximum atomic E-state index is 12.9. The summed E-state index contributed by atoms with van der Waals surface area (Å²) in [4.78, 5) is 20.4. The van der Waals surface area contributed by atoms with E-state index in [-0.39, 0.29) is 5.91 Å². The number of benzene rings is 1. The molecule has 0 bridgehead atoms. The van der Waals surface area contributed by atoms with Crippen molar-refractivity contribution in [2.24, 2.45) is 5.92 Å². The summed E-state index contributed by atoms with van der Waals surface area (Å²) < 4.78 is 13.9.